The standard InChI is InChI=1S/C12H16O4S/c1-14-10-3-5-11(6-4-10)16-7-8-17-9-12(13)15-2/h3-6H,7-9H2,1-2H3. The highest BCUT2D eigenvalue weighted by Crippen LogP contribution is 2.17. The van der Waals surface area contributed by atoms with Crippen molar-refractivity contribution in [2.75, 3.05) is 32.3 Å². The summed E-state index contributed by atoms with van der Waals surface area (Å²) in [5.41, 5.74) is 0. The van der Waals surface area contributed by atoms with Gasteiger partial charge in [-0.05, 0) is 24.3 Å². The quantitative estimate of drug-likeness (QED) is 0.551. The summed E-state index contributed by atoms with van der Waals surface area (Å²) in [6, 6.07) is 7.39. The number of thioether (sulfide) groups is 1. The van der Waals surface area contributed by atoms with E-state index in [9.17, 15) is 4.79 Å². The van der Waals surface area contributed by atoms with E-state index in [4.69, 9.17) is 9.47 Å². The van der Waals surface area contributed by atoms with Crippen molar-refractivity contribution in [3.05, 3.63) is 24.3 Å². The fraction of sp³-hybridized carbons (Fsp3) is 0.417. The number of carbonyl (C=O) groups excluding carboxylic acids is 1. The van der Waals surface area contributed by atoms with E-state index in [2.05, 4.69) is 4.74 Å². The van der Waals surface area contributed by atoms with Crippen LogP contribution in [0.2, 0.25) is 0 Å². The summed E-state index contributed by atoms with van der Waals surface area (Å²) in [6.07, 6.45) is 0. The van der Waals surface area contributed by atoms with Crippen LogP contribution in [-0.4, -0.2) is 38.3 Å². The number of hydrogen-bond acceptors (Lipinski definition) is 5. The number of methoxy groups -OCH3 is 2. The Labute approximate surface area is 105 Å². The van der Waals surface area contributed by atoms with Gasteiger partial charge in [-0.3, -0.25) is 4.79 Å². The maximum Gasteiger partial charge on any atom is 0.315 e. The normalized spacial score (nSPS) is 9.76. The van der Waals surface area contributed by atoms with Gasteiger partial charge in [-0.2, -0.15) is 0 Å². The second kappa shape index (κ2) is 7.84. The number of rotatable bonds is 7. The van der Waals surface area contributed by atoms with Crippen molar-refractivity contribution in [2.24, 2.45) is 0 Å². The molecule has 0 aromatic heterocycles. The minimum atomic E-state index is -0.209. The van der Waals surface area contributed by atoms with Gasteiger partial charge in [-0.15, -0.1) is 11.8 Å². The molecule has 0 atom stereocenters. The molecule has 0 bridgehead atoms. The molecule has 0 unspecified atom stereocenters. The number of esters is 1. The van der Waals surface area contributed by atoms with Crippen LogP contribution in [0.1, 0.15) is 0 Å². The van der Waals surface area contributed by atoms with Gasteiger partial charge in [0.1, 0.15) is 11.5 Å². The van der Waals surface area contributed by atoms with E-state index in [1.165, 1.54) is 18.9 Å². The summed E-state index contributed by atoms with van der Waals surface area (Å²) in [6.45, 7) is 0.563. The van der Waals surface area contributed by atoms with Crippen LogP contribution in [0.5, 0.6) is 11.5 Å². The maximum absolute atomic E-state index is 10.8. The highest BCUT2D eigenvalue weighted by atomic mass is 32.2. The first-order valence-electron chi connectivity index (χ1n) is 5.17. The molecule has 0 fully saturated rings. The summed E-state index contributed by atoms with van der Waals surface area (Å²) in [4.78, 5) is 10.8. The van der Waals surface area contributed by atoms with Gasteiger partial charge in [0.05, 0.1) is 26.6 Å². The second-order valence-corrected chi connectivity index (χ2v) is 4.26. The number of hydrogen-bond donors (Lipinski definition) is 0. The monoisotopic (exact) mass is 256 g/mol. The third-order valence-corrected chi connectivity index (χ3v) is 2.90. The summed E-state index contributed by atoms with van der Waals surface area (Å²) < 4.78 is 15.1. The van der Waals surface area contributed by atoms with Gasteiger partial charge in [0, 0.05) is 5.75 Å². The van der Waals surface area contributed by atoms with Gasteiger partial charge in [0.15, 0.2) is 0 Å². The fourth-order valence-electron chi connectivity index (χ4n) is 1.10. The lowest BCUT2D eigenvalue weighted by Crippen LogP contribution is -2.06. The zero-order valence-corrected chi connectivity index (χ0v) is 10.8. The van der Waals surface area contributed by atoms with Crippen molar-refractivity contribution >= 4 is 17.7 Å². The Morgan fingerprint density at radius 3 is 2.41 bits per heavy atom. The van der Waals surface area contributed by atoms with Crippen LogP contribution < -0.4 is 9.47 Å². The van der Waals surface area contributed by atoms with Gasteiger partial charge < -0.3 is 14.2 Å². The van der Waals surface area contributed by atoms with E-state index >= 15 is 0 Å². The Balaban J connectivity index is 2.15. The lowest BCUT2D eigenvalue weighted by Gasteiger charge is -2.06. The Morgan fingerprint density at radius 2 is 1.82 bits per heavy atom. The molecule has 0 aliphatic rings. The van der Waals surface area contributed by atoms with E-state index in [0.717, 1.165) is 17.3 Å². The lowest BCUT2D eigenvalue weighted by molar-refractivity contribution is -0.137. The number of ether oxygens (including phenoxy) is 3. The molecule has 0 aliphatic carbocycles. The zero-order chi connectivity index (χ0) is 12.5. The molecule has 1 aromatic rings. The van der Waals surface area contributed by atoms with Crippen LogP contribution in [0.25, 0.3) is 0 Å². The van der Waals surface area contributed by atoms with Gasteiger partial charge >= 0.3 is 5.97 Å². The molecule has 0 aliphatic heterocycles. The molecule has 4 nitrogen and oxygen atoms in total. The van der Waals surface area contributed by atoms with Crippen LogP contribution in [0, 0.1) is 0 Å². The molecule has 1 aromatic carbocycles. The van der Waals surface area contributed by atoms with E-state index in [-0.39, 0.29) is 5.97 Å². The van der Waals surface area contributed by atoms with E-state index < -0.39 is 0 Å². The van der Waals surface area contributed by atoms with Crippen molar-refractivity contribution in [3.63, 3.8) is 0 Å². The Hall–Kier alpha value is -1.36. The van der Waals surface area contributed by atoms with Gasteiger partial charge in [-0.1, -0.05) is 0 Å². The molecule has 94 valence electrons. The van der Waals surface area contributed by atoms with Crippen LogP contribution in [0.3, 0.4) is 0 Å². The minimum absolute atomic E-state index is 0.209. The van der Waals surface area contributed by atoms with E-state index in [1.54, 1.807) is 7.11 Å². The molecule has 0 radical (unpaired) electrons. The predicted octanol–water partition coefficient (Wildman–Crippen LogP) is 1.98. The van der Waals surface area contributed by atoms with Crippen LogP contribution in [0.4, 0.5) is 0 Å². The third kappa shape index (κ3) is 5.49. The highest BCUT2D eigenvalue weighted by molar-refractivity contribution is 7.99. The third-order valence-electron chi connectivity index (χ3n) is 2.00. The van der Waals surface area contributed by atoms with Crippen LogP contribution in [0.15, 0.2) is 24.3 Å². The first-order chi connectivity index (χ1) is 8.26. The molecule has 0 amide bonds. The Bertz CT molecular complexity index is 337. The van der Waals surface area contributed by atoms with Gasteiger partial charge in [0.2, 0.25) is 0 Å². The molecule has 0 saturated carbocycles. The van der Waals surface area contributed by atoms with Crippen molar-refractivity contribution in [1.82, 2.24) is 0 Å². The second-order valence-electron chi connectivity index (χ2n) is 3.15. The smallest absolute Gasteiger partial charge is 0.315 e. The SMILES string of the molecule is COC(=O)CSCCOc1ccc(OC)cc1. The van der Waals surface area contributed by atoms with E-state index in [0.29, 0.717) is 12.4 Å². The molecule has 1 rings (SSSR count). The maximum atomic E-state index is 10.8. The zero-order valence-electron chi connectivity index (χ0n) is 9.97. The van der Waals surface area contributed by atoms with E-state index in [1.807, 2.05) is 24.3 Å². The van der Waals surface area contributed by atoms with Crippen LogP contribution in [-0.2, 0) is 9.53 Å². The summed E-state index contributed by atoms with van der Waals surface area (Å²) in [5, 5.41) is 0. The molecule has 0 spiro atoms. The highest BCUT2D eigenvalue weighted by Gasteiger charge is 2.00. The Morgan fingerprint density at radius 1 is 1.18 bits per heavy atom. The summed E-state index contributed by atoms with van der Waals surface area (Å²) >= 11 is 1.49. The molecule has 0 heterocycles. The van der Waals surface area contributed by atoms with Crippen molar-refractivity contribution in [3.8, 4) is 11.5 Å². The number of benzene rings is 1. The van der Waals surface area contributed by atoms with Crippen molar-refractivity contribution in [2.45, 2.75) is 0 Å². The molecule has 0 N–H and O–H groups in total. The molecule has 0 saturated heterocycles. The Kier molecular flexibility index (Phi) is 6.32. The molecular formula is C12H16O4S. The molecule has 5 heteroatoms. The van der Waals surface area contributed by atoms with Crippen molar-refractivity contribution in [1.29, 1.82) is 0 Å². The van der Waals surface area contributed by atoms with Gasteiger partial charge in [0.25, 0.3) is 0 Å². The van der Waals surface area contributed by atoms with Crippen molar-refractivity contribution < 1.29 is 19.0 Å². The largest absolute Gasteiger partial charge is 0.497 e. The average Bonchev–Trinajstić information content (AvgIpc) is 2.38. The number of carbonyl (C=O) groups is 1. The minimum Gasteiger partial charge on any atom is -0.497 e. The average molecular weight is 256 g/mol. The predicted molar refractivity (Wildman–Crippen MR) is 67.8 cm³/mol. The topological polar surface area (TPSA) is 44.8 Å². The molecular weight excluding hydrogens is 240 g/mol. The summed E-state index contributed by atoms with van der Waals surface area (Å²) in [5.74, 6) is 2.50. The first-order valence-corrected chi connectivity index (χ1v) is 6.33. The molecule has 17 heavy (non-hydrogen) atoms. The first kappa shape index (κ1) is 13.7. The fourth-order valence-corrected chi connectivity index (χ4v) is 1.73. The summed E-state index contributed by atoms with van der Waals surface area (Å²) in [7, 11) is 3.01. The van der Waals surface area contributed by atoms with Crippen LogP contribution >= 0.6 is 11.8 Å². The van der Waals surface area contributed by atoms with Gasteiger partial charge in [-0.25, -0.2) is 0 Å². The lowest BCUT2D eigenvalue weighted by atomic mass is 10.3.